The van der Waals surface area contributed by atoms with Crippen molar-refractivity contribution < 1.29 is 21.6 Å². The molecule has 0 spiro atoms. The molecule has 1 saturated heterocycles. The summed E-state index contributed by atoms with van der Waals surface area (Å²) >= 11 is 0. The van der Waals surface area contributed by atoms with Gasteiger partial charge in [0.1, 0.15) is 6.54 Å². The Morgan fingerprint density at radius 3 is 2.38 bits per heavy atom. The van der Waals surface area contributed by atoms with Crippen LogP contribution >= 0.6 is 0 Å². The fourth-order valence-corrected chi connectivity index (χ4v) is 3.43. The number of hydrogen-bond donors (Lipinski definition) is 2. The van der Waals surface area contributed by atoms with E-state index in [1.807, 2.05) is 20.8 Å². The molecule has 0 aromatic carbocycles. The number of piperidine rings is 1. The summed E-state index contributed by atoms with van der Waals surface area (Å²) in [7, 11) is -4.07. The zero-order valence-corrected chi connectivity index (χ0v) is 13.4. The van der Waals surface area contributed by atoms with Gasteiger partial charge in [0.05, 0.1) is 0 Å². The van der Waals surface area contributed by atoms with Gasteiger partial charge in [0, 0.05) is 18.6 Å². The highest BCUT2D eigenvalue weighted by molar-refractivity contribution is 7.87. The van der Waals surface area contributed by atoms with Crippen LogP contribution in [0.3, 0.4) is 0 Å². The lowest BCUT2D eigenvalue weighted by Gasteiger charge is -2.33. The van der Waals surface area contributed by atoms with Crippen molar-refractivity contribution in [2.75, 3.05) is 26.2 Å². The molecule has 1 aliphatic rings. The minimum absolute atomic E-state index is 0.0737. The minimum Gasteiger partial charge on any atom is -0.312 e. The summed E-state index contributed by atoms with van der Waals surface area (Å²) in [6.07, 6.45) is -3.02. The van der Waals surface area contributed by atoms with Gasteiger partial charge < -0.3 is 5.32 Å². The molecule has 1 rings (SSSR count). The van der Waals surface area contributed by atoms with Crippen LogP contribution in [0.1, 0.15) is 33.6 Å². The van der Waals surface area contributed by atoms with Crippen LogP contribution in [0.5, 0.6) is 0 Å². The van der Waals surface area contributed by atoms with Gasteiger partial charge in [-0.25, -0.2) is 0 Å². The van der Waals surface area contributed by atoms with E-state index >= 15 is 0 Å². The molecule has 126 valence electrons. The third kappa shape index (κ3) is 7.44. The van der Waals surface area contributed by atoms with Gasteiger partial charge in [-0.1, -0.05) is 0 Å². The Hall–Kier alpha value is -0.380. The summed E-state index contributed by atoms with van der Waals surface area (Å²) in [6, 6.07) is 0. The number of nitrogens with one attached hydrogen (secondary N) is 2. The van der Waals surface area contributed by atoms with Gasteiger partial charge in [-0.3, -0.25) is 0 Å². The standard InChI is InChI=1S/C12H24F3N3O2S/c1-11(2,3)16-7-10-5-4-6-18(8-10)21(19,20)17-9-12(13,14)15/h10,16-17H,4-9H2,1-3H3. The molecule has 0 saturated carbocycles. The van der Waals surface area contributed by atoms with Crippen LogP contribution < -0.4 is 10.0 Å². The highest BCUT2D eigenvalue weighted by Crippen LogP contribution is 2.20. The van der Waals surface area contributed by atoms with Crippen molar-refractivity contribution >= 4 is 10.2 Å². The van der Waals surface area contributed by atoms with E-state index in [2.05, 4.69) is 5.32 Å². The lowest BCUT2D eigenvalue weighted by atomic mass is 9.98. The molecule has 1 aliphatic heterocycles. The SMILES string of the molecule is CC(C)(C)NCC1CCCN(S(=O)(=O)NCC(F)(F)F)C1. The van der Waals surface area contributed by atoms with Crippen molar-refractivity contribution in [3.8, 4) is 0 Å². The van der Waals surface area contributed by atoms with Crippen LogP contribution in [0, 0.1) is 5.92 Å². The van der Waals surface area contributed by atoms with E-state index in [1.54, 1.807) is 4.72 Å². The van der Waals surface area contributed by atoms with Gasteiger partial charge in [0.25, 0.3) is 10.2 Å². The van der Waals surface area contributed by atoms with Gasteiger partial charge in [-0.15, -0.1) is 0 Å². The van der Waals surface area contributed by atoms with Crippen LogP contribution in [0.25, 0.3) is 0 Å². The van der Waals surface area contributed by atoms with Crippen LogP contribution in [0.2, 0.25) is 0 Å². The van der Waals surface area contributed by atoms with Gasteiger partial charge in [-0.05, 0) is 46.1 Å². The molecule has 0 aromatic heterocycles. The highest BCUT2D eigenvalue weighted by Gasteiger charge is 2.34. The Bertz CT molecular complexity index is 432. The third-order valence-corrected chi connectivity index (χ3v) is 4.72. The van der Waals surface area contributed by atoms with Crippen molar-refractivity contribution in [3.63, 3.8) is 0 Å². The summed E-state index contributed by atoms with van der Waals surface area (Å²) < 4.78 is 62.8. The molecule has 1 unspecified atom stereocenters. The zero-order valence-electron chi connectivity index (χ0n) is 12.6. The first-order chi connectivity index (χ1) is 9.39. The molecule has 1 fully saturated rings. The van der Waals surface area contributed by atoms with Gasteiger partial charge in [0.15, 0.2) is 0 Å². The molecule has 21 heavy (non-hydrogen) atoms. The lowest BCUT2D eigenvalue weighted by Crippen LogP contribution is -2.50. The number of alkyl halides is 3. The fraction of sp³-hybridized carbons (Fsp3) is 1.00. The number of rotatable bonds is 5. The average molecular weight is 331 g/mol. The molecule has 5 nitrogen and oxygen atoms in total. The molecular weight excluding hydrogens is 307 g/mol. The predicted octanol–water partition coefficient (Wildman–Crippen LogP) is 1.48. The van der Waals surface area contributed by atoms with Gasteiger partial charge in [-0.2, -0.15) is 30.6 Å². The monoisotopic (exact) mass is 331 g/mol. The molecule has 0 bridgehead atoms. The van der Waals surface area contributed by atoms with E-state index in [9.17, 15) is 21.6 Å². The van der Waals surface area contributed by atoms with E-state index < -0.39 is 22.9 Å². The second-order valence-corrected chi connectivity index (χ2v) is 8.19. The number of nitrogens with zero attached hydrogens (tertiary/aromatic N) is 1. The van der Waals surface area contributed by atoms with E-state index in [0.717, 1.165) is 10.7 Å². The second-order valence-electron chi connectivity index (χ2n) is 6.44. The molecule has 1 atom stereocenters. The fourth-order valence-electron chi connectivity index (χ4n) is 2.13. The Labute approximate surface area is 124 Å². The first kappa shape index (κ1) is 18.7. The average Bonchev–Trinajstić information content (AvgIpc) is 2.33. The summed E-state index contributed by atoms with van der Waals surface area (Å²) in [6.45, 7) is 5.65. The van der Waals surface area contributed by atoms with Crippen LogP contribution in [0.15, 0.2) is 0 Å². The molecule has 2 N–H and O–H groups in total. The van der Waals surface area contributed by atoms with Crippen molar-refractivity contribution in [2.45, 2.75) is 45.3 Å². The summed E-state index contributed by atoms with van der Waals surface area (Å²) in [5.74, 6) is 0.112. The number of hydrogen-bond acceptors (Lipinski definition) is 3. The molecular formula is C12H24F3N3O2S. The predicted molar refractivity (Wildman–Crippen MR) is 75.0 cm³/mol. The first-order valence-electron chi connectivity index (χ1n) is 6.95. The van der Waals surface area contributed by atoms with Crippen molar-refractivity contribution in [2.24, 2.45) is 5.92 Å². The maximum atomic E-state index is 12.1. The topological polar surface area (TPSA) is 61.4 Å². The Morgan fingerprint density at radius 2 is 1.86 bits per heavy atom. The zero-order chi connectivity index (χ0) is 16.3. The van der Waals surface area contributed by atoms with Gasteiger partial charge >= 0.3 is 6.18 Å². The van der Waals surface area contributed by atoms with Crippen LogP contribution in [-0.4, -0.2) is 50.6 Å². The summed E-state index contributed by atoms with van der Waals surface area (Å²) in [5.41, 5.74) is -0.0737. The van der Waals surface area contributed by atoms with Crippen LogP contribution in [-0.2, 0) is 10.2 Å². The maximum Gasteiger partial charge on any atom is 0.402 e. The Balaban J connectivity index is 2.55. The maximum absolute atomic E-state index is 12.1. The van der Waals surface area contributed by atoms with Gasteiger partial charge in [0.2, 0.25) is 0 Å². The van der Waals surface area contributed by atoms with E-state index in [1.165, 1.54) is 0 Å². The first-order valence-corrected chi connectivity index (χ1v) is 8.39. The lowest BCUT2D eigenvalue weighted by molar-refractivity contribution is -0.121. The highest BCUT2D eigenvalue weighted by atomic mass is 32.2. The molecule has 9 heteroatoms. The van der Waals surface area contributed by atoms with Crippen molar-refractivity contribution in [1.29, 1.82) is 0 Å². The summed E-state index contributed by atoms with van der Waals surface area (Å²) in [5, 5.41) is 3.30. The molecule has 0 radical (unpaired) electrons. The molecule has 0 aromatic rings. The third-order valence-electron chi connectivity index (χ3n) is 3.20. The molecule has 0 amide bonds. The number of halogens is 3. The van der Waals surface area contributed by atoms with E-state index in [-0.39, 0.29) is 24.5 Å². The summed E-state index contributed by atoms with van der Waals surface area (Å²) in [4.78, 5) is 0. The minimum atomic E-state index is -4.55. The van der Waals surface area contributed by atoms with Crippen molar-refractivity contribution in [1.82, 2.24) is 14.3 Å². The van der Waals surface area contributed by atoms with E-state index in [0.29, 0.717) is 13.0 Å². The molecule has 1 heterocycles. The smallest absolute Gasteiger partial charge is 0.312 e. The van der Waals surface area contributed by atoms with Crippen LogP contribution in [0.4, 0.5) is 13.2 Å². The van der Waals surface area contributed by atoms with E-state index in [4.69, 9.17) is 0 Å². The molecule has 0 aliphatic carbocycles. The van der Waals surface area contributed by atoms with Crippen molar-refractivity contribution in [3.05, 3.63) is 0 Å². The Morgan fingerprint density at radius 1 is 1.24 bits per heavy atom. The normalized spacial score (nSPS) is 22.5. The largest absolute Gasteiger partial charge is 0.402 e. The quantitative estimate of drug-likeness (QED) is 0.802. The Kier molecular flexibility index (Phi) is 6.05. The second kappa shape index (κ2) is 6.80.